The van der Waals surface area contributed by atoms with Crippen molar-refractivity contribution in [1.29, 1.82) is 0 Å². The van der Waals surface area contributed by atoms with Gasteiger partial charge in [0.15, 0.2) is 0 Å². The number of halogens is 1. The van der Waals surface area contributed by atoms with Gasteiger partial charge in [0.1, 0.15) is 12.4 Å². The minimum Gasteiger partial charge on any atom is -0.460 e. The van der Waals surface area contributed by atoms with Gasteiger partial charge in [-0.05, 0) is 36.8 Å². The van der Waals surface area contributed by atoms with Crippen LogP contribution in [0.5, 0.6) is 0 Å². The summed E-state index contributed by atoms with van der Waals surface area (Å²) < 4.78 is 18.3. The first kappa shape index (κ1) is 15.9. The van der Waals surface area contributed by atoms with E-state index in [0.29, 0.717) is 16.7 Å². The lowest BCUT2D eigenvalue weighted by molar-refractivity contribution is 0.0419. The van der Waals surface area contributed by atoms with Crippen LogP contribution >= 0.6 is 0 Å². The molecule has 0 bridgehead atoms. The maximum atomic E-state index is 13.2. The molecule has 1 aliphatic rings. The highest BCUT2D eigenvalue weighted by atomic mass is 19.1. The van der Waals surface area contributed by atoms with Crippen molar-refractivity contribution in [3.8, 4) is 0 Å². The van der Waals surface area contributed by atoms with Gasteiger partial charge in [-0.1, -0.05) is 18.2 Å². The first-order valence-corrected chi connectivity index (χ1v) is 7.37. The number of amides is 2. The third kappa shape index (κ3) is 2.78. The van der Waals surface area contributed by atoms with Crippen molar-refractivity contribution in [1.82, 2.24) is 4.90 Å². The number of nitrogens with zero attached hydrogens (tertiary/aromatic N) is 1. The first-order valence-electron chi connectivity index (χ1n) is 7.37. The third-order valence-corrected chi connectivity index (χ3v) is 3.85. The van der Waals surface area contributed by atoms with Gasteiger partial charge in [0.25, 0.3) is 11.8 Å². The molecule has 5 nitrogen and oxygen atoms in total. The fourth-order valence-corrected chi connectivity index (χ4v) is 2.56. The molecular formula is C18H14FNO4. The topological polar surface area (TPSA) is 63.7 Å². The summed E-state index contributed by atoms with van der Waals surface area (Å²) in [6, 6.07) is 10.4. The number of carbonyl (C=O) groups is 3. The van der Waals surface area contributed by atoms with Gasteiger partial charge in [0.05, 0.1) is 23.2 Å². The van der Waals surface area contributed by atoms with Crippen LogP contribution in [0.25, 0.3) is 0 Å². The van der Waals surface area contributed by atoms with Gasteiger partial charge < -0.3 is 4.74 Å². The highest BCUT2D eigenvalue weighted by Gasteiger charge is 2.34. The molecular weight excluding hydrogens is 313 g/mol. The molecule has 1 aliphatic heterocycles. The van der Waals surface area contributed by atoms with Crippen LogP contribution in [0.15, 0.2) is 42.5 Å². The first-order chi connectivity index (χ1) is 11.5. The lowest BCUT2D eigenvalue weighted by Gasteiger charge is -2.14. The molecule has 0 spiro atoms. The van der Waals surface area contributed by atoms with E-state index in [-0.39, 0.29) is 18.7 Å². The quantitative estimate of drug-likeness (QED) is 0.639. The zero-order valence-corrected chi connectivity index (χ0v) is 12.9. The van der Waals surface area contributed by atoms with Crippen LogP contribution in [0, 0.1) is 12.7 Å². The molecule has 2 aromatic rings. The zero-order chi connectivity index (χ0) is 17.3. The lowest BCUT2D eigenvalue weighted by atomic mass is 10.1. The highest BCUT2D eigenvalue weighted by molar-refractivity contribution is 6.21. The molecule has 0 aliphatic carbocycles. The monoisotopic (exact) mass is 327 g/mol. The number of aryl methyl sites for hydroxylation is 1. The molecule has 2 aromatic carbocycles. The van der Waals surface area contributed by atoms with Crippen LogP contribution in [0.1, 0.15) is 36.6 Å². The number of benzene rings is 2. The van der Waals surface area contributed by atoms with E-state index < -0.39 is 23.6 Å². The Balaban J connectivity index is 1.63. The van der Waals surface area contributed by atoms with Crippen molar-refractivity contribution in [2.75, 3.05) is 13.2 Å². The van der Waals surface area contributed by atoms with Crippen molar-refractivity contribution in [3.05, 3.63) is 70.5 Å². The third-order valence-electron chi connectivity index (χ3n) is 3.85. The van der Waals surface area contributed by atoms with Crippen molar-refractivity contribution < 1.29 is 23.5 Å². The molecule has 24 heavy (non-hydrogen) atoms. The van der Waals surface area contributed by atoms with Crippen molar-refractivity contribution >= 4 is 17.8 Å². The maximum Gasteiger partial charge on any atom is 0.338 e. The molecule has 0 fully saturated rings. The molecule has 0 N–H and O–H groups in total. The van der Waals surface area contributed by atoms with Crippen LogP contribution in [0.4, 0.5) is 4.39 Å². The fourth-order valence-electron chi connectivity index (χ4n) is 2.56. The van der Waals surface area contributed by atoms with Gasteiger partial charge in [0.2, 0.25) is 0 Å². The van der Waals surface area contributed by atoms with Crippen LogP contribution in [0.2, 0.25) is 0 Å². The Hall–Kier alpha value is -3.02. The number of fused-ring (bicyclic) bond motifs is 1. The van der Waals surface area contributed by atoms with Crippen molar-refractivity contribution in [2.24, 2.45) is 0 Å². The number of rotatable bonds is 4. The molecule has 0 saturated heterocycles. The van der Waals surface area contributed by atoms with Crippen LogP contribution in [-0.4, -0.2) is 35.8 Å². The Morgan fingerprint density at radius 1 is 1.08 bits per heavy atom. The summed E-state index contributed by atoms with van der Waals surface area (Å²) in [5.41, 5.74) is 1.39. The van der Waals surface area contributed by atoms with Gasteiger partial charge in [-0.25, -0.2) is 9.18 Å². The van der Waals surface area contributed by atoms with E-state index in [1.165, 1.54) is 12.1 Å². The van der Waals surface area contributed by atoms with E-state index in [4.69, 9.17) is 4.74 Å². The van der Waals surface area contributed by atoms with Crippen LogP contribution < -0.4 is 0 Å². The molecule has 0 atom stereocenters. The average molecular weight is 327 g/mol. The Bertz CT molecular complexity index is 812. The Morgan fingerprint density at radius 2 is 1.71 bits per heavy atom. The standard InChI is InChI=1S/C18H14FNO4/c1-11-6-7-12(19)10-15(11)18(23)24-9-8-20-16(21)13-4-2-3-5-14(13)17(20)22/h2-7,10H,8-9H2,1H3. The summed E-state index contributed by atoms with van der Waals surface area (Å²) >= 11 is 0. The highest BCUT2D eigenvalue weighted by Crippen LogP contribution is 2.22. The van der Waals surface area contributed by atoms with Crippen LogP contribution in [0.3, 0.4) is 0 Å². The smallest absolute Gasteiger partial charge is 0.338 e. The predicted molar refractivity (Wildman–Crippen MR) is 83.2 cm³/mol. The second-order valence-corrected chi connectivity index (χ2v) is 5.40. The lowest BCUT2D eigenvalue weighted by Crippen LogP contribution is -2.33. The Kier molecular flexibility index (Phi) is 4.12. The Morgan fingerprint density at radius 3 is 2.33 bits per heavy atom. The molecule has 6 heteroatoms. The molecule has 1 heterocycles. The number of hydrogen-bond acceptors (Lipinski definition) is 4. The van der Waals surface area contributed by atoms with E-state index in [9.17, 15) is 18.8 Å². The van der Waals surface area contributed by atoms with E-state index in [1.54, 1.807) is 31.2 Å². The van der Waals surface area contributed by atoms with E-state index in [0.717, 1.165) is 11.0 Å². The molecule has 3 rings (SSSR count). The summed E-state index contributed by atoms with van der Waals surface area (Å²) in [6.07, 6.45) is 0. The number of imide groups is 1. The minimum absolute atomic E-state index is 0.0492. The normalized spacial score (nSPS) is 13.2. The van der Waals surface area contributed by atoms with Gasteiger partial charge in [0, 0.05) is 0 Å². The molecule has 122 valence electrons. The molecule has 0 aromatic heterocycles. The average Bonchev–Trinajstić information content (AvgIpc) is 2.82. The van der Waals surface area contributed by atoms with Gasteiger partial charge >= 0.3 is 5.97 Å². The van der Waals surface area contributed by atoms with Gasteiger partial charge in [-0.15, -0.1) is 0 Å². The van der Waals surface area contributed by atoms with E-state index in [1.807, 2.05) is 0 Å². The SMILES string of the molecule is Cc1ccc(F)cc1C(=O)OCCN1C(=O)c2ccccc2C1=O. The van der Waals surface area contributed by atoms with Crippen molar-refractivity contribution in [2.45, 2.75) is 6.92 Å². The van der Waals surface area contributed by atoms with Crippen molar-refractivity contribution in [3.63, 3.8) is 0 Å². The molecule has 0 unspecified atom stereocenters. The van der Waals surface area contributed by atoms with Gasteiger partial charge in [-0.2, -0.15) is 0 Å². The molecule has 0 saturated carbocycles. The van der Waals surface area contributed by atoms with E-state index >= 15 is 0 Å². The zero-order valence-electron chi connectivity index (χ0n) is 12.9. The predicted octanol–water partition coefficient (Wildman–Crippen LogP) is 2.59. The summed E-state index contributed by atoms with van der Waals surface area (Å²) in [5.74, 6) is -2.04. The van der Waals surface area contributed by atoms with E-state index in [2.05, 4.69) is 0 Å². The van der Waals surface area contributed by atoms with Gasteiger partial charge in [-0.3, -0.25) is 14.5 Å². The second-order valence-electron chi connectivity index (χ2n) is 5.40. The fraction of sp³-hybridized carbons (Fsp3) is 0.167. The van der Waals surface area contributed by atoms with Crippen LogP contribution in [-0.2, 0) is 4.74 Å². The number of ether oxygens (including phenoxy) is 1. The molecule has 2 amide bonds. The minimum atomic E-state index is -0.691. The maximum absolute atomic E-state index is 13.2. The Labute approximate surface area is 137 Å². The molecule has 0 radical (unpaired) electrons. The summed E-state index contributed by atoms with van der Waals surface area (Å²) in [5, 5.41) is 0. The number of esters is 1. The number of hydrogen-bond donors (Lipinski definition) is 0. The summed E-state index contributed by atoms with van der Waals surface area (Å²) in [7, 11) is 0. The largest absolute Gasteiger partial charge is 0.460 e. The number of carbonyl (C=O) groups excluding carboxylic acids is 3. The summed E-state index contributed by atoms with van der Waals surface area (Å²) in [6.45, 7) is 1.47. The second kappa shape index (κ2) is 6.23. The summed E-state index contributed by atoms with van der Waals surface area (Å²) in [4.78, 5) is 37.4.